The van der Waals surface area contributed by atoms with Crippen LogP contribution in [0.4, 0.5) is 8.78 Å². The molecule has 1 heterocycles. The Hall–Kier alpha value is -2.53. The second-order valence-electron chi connectivity index (χ2n) is 6.23. The van der Waals surface area contributed by atoms with Crippen LogP contribution >= 0.6 is 0 Å². The highest BCUT2D eigenvalue weighted by molar-refractivity contribution is 5.22. The molecular formula is C20H21F2N3. The maximum Gasteiger partial charge on any atom is 0.123 e. The van der Waals surface area contributed by atoms with E-state index in [1.807, 2.05) is 16.8 Å². The van der Waals surface area contributed by atoms with Crippen molar-refractivity contribution in [2.75, 3.05) is 6.54 Å². The topological polar surface area (TPSA) is 29.9 Å². The lowest BCUT2D eigenvalue weighted by molar-refractivity contribution is 0.447. The van der Waals surface area contributed by atoms with Gasteiger partial charge in [-0.3, -0.25) is 0 Å². The first-order valence-corrected chi connectivity index (χ1v) is 8.32. The van der Waals surface area contributed by atoms with E-state index in [0.29, 0.717) is 13.1 Å². The fourth-order valence-corrected chi connectivity index (χ4v) is 2.84. The average molecular weight is 341 g/mol. The molecule has 130 valence electrons. The Morgan fingerprint density at radius 1 is 1.04 bits per heavy atom. The predicted molar refractivity (Wildman–Crippen MR) is 94.2 cm³/mol. The molecule has 0 spiro atoms. The third kappa shape index (κ3) is 4.73. The Bertz CT molecular complexity index is 785. The molecule has 0 saturated carbocycles. The summed E-state index contributed by atoms with van der Waals surface area (Å²) in [5.74, 6) is -0.322. The van der Waals surface area contributed by atoms with E-state index in [-0.39, 0.29) is 23.6 Å². The second-order valence-corrected chi connectivity index (χ2v) is 6.23. The number of hydrogen-bond acceptors (Lipinski definition) is 2. The lowest BCUT2D eigenvalue weighted by Gasteiger charge is -2.22. The first kappa shape index (κ1) is 17.3. The molecule has 2 unspecified atom stereocenters. The minimum absolute atomic E-state index is 0.00538. The standard InChI is InChI=1S/C20H21F2N3/c1-15(17-3-2-4-19(22)11-17)12-24-20(13-25-10-9-23-14-25)16-5-7-18(21)8-6-16/h2-11,14-15,20,24H,12-13H2,1H3. The number of rotatable bonds is 7. The van der Waals surface area contributed by atoms with Crippen LogP contribution in [0.5, 0.6) is 0 Å². The van der Waals surface area contributed by atoms with E-state index in [1.165, 1.54) is 18.2 Å². The summed E-state index contributed by atoms with van der Waals surface area (Å²) in [7, 11) is 0. The molecule has 1 N–H and O–H groups in total. The van der Waals surface area contributed by atoms with E-state index in [0.717, 1.165) is 11.1 Å². The fourth-order valence-electron chi connectivity index (χ4n) is 2.84. The monoisotopic (exact) mass is 341 g/mol. The van der Waals surface area contributed by atoms with Crippen LogP contribution < -0.4 is 5.32 Å². The molecule has 0 aliphatic rings. The van der Waals surface area contributed by atoms with Gasteiger partial charge in [0.2, 0.25) is 0 Å². The summed E-state index contributed by atoms with van der Waals surface area (Å²) in [5, 5.41) is 3.52. The van der Waals surface area contributed by atoms with Crippen molar-refractivity contribution in [3.8, 4) is 0 Å². The molecule has 0 radical (unpaired) electrons. The van der Waals surface area contributed by atoms with E-state index in [2.05, 4.69) is 17.2 Å². The van der Waals surface area contributed by atoms with Crippen molar-refractivity contribution in [2.45, 2.75) is 25.4 Å². The lowest BCUT2D eigenvalue weighted by Crippen LogP contribution is -2.28. The Labute approximate surface area is 146 Å². The molecule has 0 aliphatic carbocycles. The van der Waals surface area contributed by atoms with Crippen LogP contribution in [0.1, 0.15) is 30.0 Å². The highest BCUT2D eigenvalue weighted by atomic mass is 19.1. The molecule has 2 atom stereocenters. The molecule has 25 heavy (non-hydrogen) atoms. The molecule has 3 rings (SSSR count). The average Bonchev–Trinajstić information content (AvgIpc) is 3.12. The van der Waals surface area contributed by atoms with Crippen molar-refractivity contribution in [2.24, 2.45) is 0 Å². The number of imidazole rings is 1. The second kappa shape index (κ2) is 8.03. The quantitative estimate of drug-likeness (QED) is 0.694. The third-order valence-electron chi connectivity index (χ3n) is 4.31. The van der Waals surface area contributed by atoms with Gasteiger partial charge in [0, 0.05) is 25.5 Å². The molecule has 0 bridgehead atoms. The summed E-state index contributed by atoms with van der Waals surface area (Å²) >= 11 is 0. The summed E-state index contributed by atoms with van der Waals surface area (Å²) in [4.78, 5) is 4.07. The van der Waals surface area contributed by atoms with Gasteiger partial charge in [-0.2, -0.15) is 0 Å². The van der Waals surface area contributed by atoms with Crippen molar-refractivity contribution in [1.82, 2.24) is 14.9 Å². The molecule has 0 saturated heterocycles. The highest BCUT2D eigenvalue weighted by Crippen LogP contribution is 2.20. The van der Waals surface area contributed by atoms with Crippen molar-refractivity contribution in [1.29, 1.82) is 0 Å². The first-order chi connectivity index (χ1) is 12.1. The molecule has 5 heteroatoms. The van der Waals surface area contributed by atoms with E-state index < -0.39 is 0 Å². The molecule has 0 fully saturated rings. The van der Waals surface area contributed by atoms with Gasteiger partial charge >= 0.3 is 0 Å². The lowest BCUT2D eigenvalue weighted by atomic mass is 9.99. The minimum atomic E-state index is -0.252. The number of hydrogen-bond donors (Lipinski definition) is 1. The van der Waals surface area contributed by atoms with E-state index >= 15 is 0 Å². The van der Waals surface area contributed by atoms with Crippen molar-refractivity contribution in [3.05, 3.63) is 90.0 Å². The SMILES string of the molecule is CC(CNC(Cn1ccnc1)c1ccc(F)cc1)c1cccc(F)c1. The van der Waals surface area contributed by atoms with Crippen LogP contribution in [0.15, 0.2) is 67.3 Å². The molecule has 3 nitrogen and oxygen atoms in total. The number of halogens is 2. The van der Waals surface area contributed by atoms with Gasteiger partial charge in [0.05, 0.1) is 12.4 Å². The van der Waals surface area contributed by atoms with Gasteiger partial charge in [-0.05, 0) is 41.3 Å². The number of aromatic nitrogens is 2. The smallest absolute Gasteiger partial charge is 0.123 e. The Balaban J connectivity index is 1.71. The van der Waals surface area contributed by atoms with Gasteiger partial charge in [0.1, 0.15) is 11.6 Å². The summed E-state index contributed by atoms with van der Waals surface area (Å²) in [6.45, 7) is 3.42. The molecule has 1 aromatic heterocycles. The molecular weight excluding hydrogens is 320 g/mol. The van der Waals surface area contributed by atoms with Crippen molar-refractivity contribution in [3.63, 3.8) is 0 Å². The van der Waals surface area contributed by atoms with Gasteiger partial charge in [-0.15, -0.1) is 0 Å². The normalized spacial score (nSPS) is 13.6. The van der Waals surface area contributed by atoms with E-state index in [1.54, 1.807) is 36.8 Å². The summed E-state index contributed by atoms with van der Waals surface area (Å²) in [5.41, 5.74) is 1.95. The van der Waals surface area contributed by atoms with Crippen LogP contribution in [0, 0.1) is 11.6 Å². The molecule has 2 aromatic carbocycles. The van der Waals surface area contributed by atoms with E-state index in [4.69, 9.17) is 0 Å². The first-order valence-electron chi connectivity index (χ1n) is 8.32. The maximum atomic E-state index is 13.4. The molecule has 3 aromatic rings. The largest absolute Gasteiger partial charge is 0.336 e. The van der Waals surface area contributed by atoms with Crippen molar-refractivity contribution >= 4 is 0 Å². The Morgan fingerprint density at radius 3 is 2.52 bits per heavy atom. The Kier molecular flexibility index (Phi) is 5.56. The maximum absolute atomic E-state index is 13.4. The van der Waals surface area contributed by atoms with Crippen LogP contribution in [-0.4, -0.2) is 16.1 Å². The summed E-state index contributed by atoms with van der Waals surface area (Å²) < 4.78 is 28.6. The zero-order chi connectivity index (χ0) is 17.6. The van der Waals surface area contributed by atoms with E-state index in [9.17, 15) is 8.78 Å². The summed E-state index contributed by atoms with van der Waals surface area (Å²) in [6.07, 6.45) is 5.39. The van der Waals surface area contributed by atoms with Gasteiger partial charge < -0.3 is 9.88 Å². The van der Waals surface area contributed by atoms with Gasteiger partial charge in [0.25, 0.3) is 0 Å². The predicted octanol–water partition coefficient (Wildman–Crippen LogP) is 4.30. The van der Waals surface area contributed by atoms with Crippen molar-refractivity contribution < 1.29 is 8.78 Å². The van der Waals surface area contributed by atoms with Crippen LogP contribution in [0.2, 0.25) is 0 Å². The number of nitrogens with one attached hydrogen (secondary N) is 1. The fraction of sp³-hybridized carbons (Fsp3) is 0.250. The third-order valence-corrected chi connectivity index (χ3v) is 4.31. The van der Waals surface area contributed by atoms with Crippen LogP contribution in [0.25, 0.3) is 0 Å². The van der Waals surface area contributed by atoms with Gasteiger partial charge in [-0.25, -0.2) is 13.8 Å². The zero-order valence-corrected chi connectivity index (χ0v) is 14.1. The minimum Gasteiger partial charge on any atom is -0.336 e. The molecule has 0 amide bonds. The van der Waals surface area contributed by atoms with Gasteiger partial charge in [0.15, 0.2) is 0 Å². The van der Waals surface area contributed by atoms with Crippen LogP contribution in [0.3, 0.4) is 0 Å². The molecule has 0 aliphatic heterocycles. The van der Waals surface area contributed by atoms with Gasteiger partial charge in [-0.1, -0.05) is 31.2 Å². The van der Waals surface area contributed by atoms with Crippen LogP contribution in [-0.2, 0) is 6.54 Å². The zero-order valence-electron chi connectivity index (χ0n) is 14.1. The number of nitrogens with zero attached hydrogens (tertiary/aromatic N) is 2. The number of benzene rings is 2. The highest BCUT2D eigenvalue weighted by Gasteiger charge is 2.14. The summed E-state index contributed by atoms with van der Waals surface area (Å²) in [6, 6.07) is 13.2. The Morgan fingerprint density at radius 2 is 1.84 bits per heavy atom.